The molecule has 4 nitrogen and oxygen atoms in total. The van der Waals surface area contributed by atoms with E-state index >= 15 is 0 Å². The number of aryl methyl sites for hydroxylation is 1. The maximum absolute atomic E-state index is 11.5. The van der Waals surface area contributed by atoms with Crippen molar-refractivity contribution in [2.45, 2.75) is 31.9 Å². The fraction of sp³-hybridized carbons (Fsp3) is 0.500. The van der Waals surface area contributed by atoms with E-state index in [1.807, 2.05) is 36.1 Å². The molecule has 1 aromatic rings. The van der Waals surface area contributed by atoms with Gasteiger partial charge < -0.3 is 10.2 Å². The van der Waals surface area contributed by atoms with E-state index in [4.69, 9.17) is 0 Å². The first-order valence-corrected chi connectivity index (χ1v) is 6.30. The zero-order valence-electron chi connectivity index (χ0n) is 10.5. The number of carboxylic acid groups (broad SMARTS) is 1. The number of rotatable bonds is 3. The Morgan fingerprint density at radius 3 is 2.50 bits per heavy atom. The van der Waals surface area contributed by atoms with Crippen molar-refractivity contribution in [2.75, 3.05) is 13.1 Å². The molecule has 1 unspecified atom stereocenters. The summed E-state index contributed by atoms with van der Waals surface area (Å²) in [5.41, 5.74) is 1.84. The third-order valence-corrected chi connectivity index (χ3v) is 3.58. The number of aliphatic hydroxyl groups is 1. The molecule has 2 rings (SSSR count). The molecule has 0 amide bonds. The third-order valence-electron chi connectivity index (χ3n) is 3.58. The summed E-state index contributed by atoms with van der Waals surface area (Å²) in [6, 6.07) is 7.00. The molecule has 1 aromatic carbocycles. The van der Waals surface area contributed by atoms with Crippen LogP contribution in [-0.4, -0.2) is 40.3 Å². The van der Waals surface area contributed by atoms with Gasteiger partial charge in [0.1, 0.15) is 6.04 Å². The van der Waals surface area contributed by atoms with Crippen LogP contribution in [0.15, 0.2) is 24.3 Å². The van der Waals surface area contributed by atoms with Crippen LogP contribution in [0.2, 0.25) is 0 Å². The van der Waals surface area contributed by atoms with Gasteiger partial charge in [0.2, 0.25) is 0 Å². The molecule has 1 aliphatic rings. The summed E-state index contributed by atoms with van der Waals surface area (Å²) in [5.74, 6) is -0.819. The molecule has 18 heavy (non-hydrogen) atoms. The summed E-state index contributed by atoms with van der Waals surface area (Å²) in [4.78, 5) is 13.5. The lowest BCUT2D eigenvalue weighted by Gasteiger charge is -2.34. The van der Waals surface area contributed by atoms with Gasteiger partial charge in [0.15, 0.2) is 0 Å². The Bertz CT molecular complexity index is 425. The van der Waals surface area contributed by atoms with Crippen molar-refractivity contribution in [3.8, 4) is 0 Å². The number of benzene rings is 1. The molecule has 0 bridgehead atoms. The molecule has 1 atom stereocenters. The Morgan fingerprint density at radius 2 is 1.94 bits per heavy atom. The first-order chi connectivity index (χ1) is 8.59. The van der Waals surface area contributed by atoms with Crippen molar-refractivity contribution in [1.82, 2.24) is 4.90 Å². The van der Waals surface area contributed by atoms with Gasteiger partial charge in [0.25, 0.3) is 0 Å². The van der Waals surface area contributed by atoms with Crippen LogP contribution in [-0.2, 0) is 4.79 Å². The molecule has 98 valence electrons. The van der Waals surface area contributed by atoms with Gasteiger partial charge in [0.05, 0.1) is 6.10 Å². The summed E-state index contributed by atoms with van der Waals surface area (Å²) in [5, 5.41) is 19.0. The number of aliphatic carboxylic acids is 1. The van der Waals surface area contributed by atoms with Crippen LogP contribution in [0.5, 0.6) is 0 Å². The molecule has 1 aliphatic heterocycles. The molecule has 0 aromatic heterocycles. The van der Waals surface area contributed by atoms with Gasteiger partial charge in [-0.2, -0.15) is 0 Å². The first-order valence-electron chi connectivity index (χ1n) is 6.30. The predicted octanol–water partition coefficient (Wildman–Crippen LogP) is 1.58. The summed E-state index contributed by atoms with van der Waals surface area (Å²) < 4.78 is 0. The Labute approximate surface area is 107 Å². The average Bonchev–Trinajstić information content (AvgIpc) is 2.34. The van der Waals surface area contributed by atoms with Crippen molar-refractivity contribution in [1.29, 1.82) is 0 Å². The molecular formula is C14H19NO3. The van der Waals surface area contributed by atoms with Crippen LogP contribution in [0.25, 0.3) is 0 Å². The molecule has 0 saturated carbocycles. The molecule has 1 saturated heterocycles. The van der Waals surface area contributed by atoms with Crippen LogP contribution in [0.4, 0.5) is 0 Å². The third kappa shape index (κ3) is 2.71. The Balaban J connectivity index is 2.24. The predicted molar refractivity (Wildman–Crippen MR) is 68.4 cm³/mol. The van der Waals surface area contributed by atoms with Crippen molar-refractivity contribution < 1.29 is 15.0 Å². The van der Waals surface area contributed by atoms with Gasteiger partial charge in [-0.1, -0.05) is 24.3 Å². The molecular weight excluding hydrogens is 230 g/mol. The fourth-order valence-electron chi connectivity index (χ4n) is 2.52. The Kier molecular flexibility index (Phi) is 3.99. The smallest absolute Gasteiger partial charge is 0.325 e. The number of piperidine rings is 1. The van der Waals surface area contributed by atoms with Crippen LogP contribution < -0.4 is 0 Å². The topological polar surface area (TPSA) is 60.8 Å². The minimum absolute atomic E-state index is 0.285. The summed E-state index contributed by atoms with van der Waals surface area (Å²) in [6.45, 7) is 3.20. The zero-order valence-corrected chi connectivity index (χ0v) is 10.5. The normalized spacial score (nSPS) is 19.7. The van der Waals surface area contributed by atoms with E-state index in [1.165, 1.54) is 0 Å². The van der Waals surface area contributed by atoms with E-state index in [0.29, 0.717) is 25.9 Å². The Morgan fingerprint density at radius 1 is 1.33 bits per heavy atom. The van der Waals surface area contributed by atoms with Gasteiger partial charge >= 0.3 is 5.97 Å². The van der Waals surface area contributed by atoms with Crippen molar-refractivity contribution in [2.24, 2.45) is 0 Å². The SMILES string of the molecule is Cc1ccccc1C(C(=O)O)N1CCC(O)CC1. The number of carboxylic acids is 1. The second-order valence-electron chi connectivity index (χ2n) is 4.86. The second-order valence-corrected chi connectivity index (χ2v) is 4.86. The minimum Gasteiger partial charge on any atom is -0.480 e. The molecule has 1 heterocycles. The zero-order chi connectivity index (χ0) is 13.1. The largest absolute Gasteiger partial charge is 0.480 e. The molecule has 1 fully saturated rings. The highest BCUT2D eigenvalue weighted by atomic mass is 16.4. The Hall–Kier alpha value is -1.39. The van der Waals surface area contributed by atoms with E-state index in [9.17, 15) is 15.0 Å². The van der Waals surface area contributed by atoms with Crippen molar-refractivity contribution in [3.05, 3.63) is 35.4 Å². The molecule has 4 heteroatoms. The van der Waals surface area contributed by atoms with Crippen LogP contribution in [0, 0.1) is 6.92 Å². The lowest BCUT2D eigenvalue weighted by atomic mass is 9.97. The number of nitrogens with zero attached hydrogens (tertiary/aromatic N) is 1. The maximum atomic E-state index is 11.5. The standard InChI is InChI=1S/C14H19NO3/c1-10-4-2-3-5-12(10)13(14(17)18)15-8-6-11(16)7-9-15/h2-5,11,13,16H,6-9H2,1H3,(H,17,18). The molecule has 0 radical (unpaired) electrons. The van der Waals surface area contributed by atoms with Crippen molar-refractivity contribution in [3.63, 3.8) is 0 Å². The van der Waals surface area contributed by atoms with Gasteiger partial charge in [0, 0.05) is 13.1 Å². The monoisotopic (exact) mass is 249 g/mol. The summed E-state index contributed by atoms with van der Waals surface area (Å²) >= 11 is 0. The highest BCUT2D eigenvalue weighted by Gasteiger charge is 2.31. The lowest BCUT2D eigenvalue weighted by molar-refractivity contribution is -0.144. The van der Waals surface area contributed by atoms with E-state index < -0.39 is 12.0 Å². The van der Waals surface area contributed by atoms with Crippen LogP contribution in [0.1, 0.15) is 30.0 Å². The number of aliphatic hydroxyl groups excluding tert-OH is 1. The second kappa shape index (κ2) is 5.50. The summed E-state index contributed by atoms with van der Waals surface area (Å²) in [7, 11) is 0. The van der Waals surface area contributed by atoms with E-state index in [1.54, 1.807) is 0 Å². The number of hydrogen-bond acceptors (Lipinski definition) is 3. The first kappa shape index (κ1) is 13.1. The molecule has 0 spiro atoms. The maximum Gasteiger partial charge on any atom is 0.325 e. The van der Waals surface area contributed by atoms with Gasteiger partial charge in [-0.3, -0.25) is 9.69 Å². The number of hydrogen-bond donors (Lipinski definition) is 2. The van der Waals surface area contributed by atoms with Crippen LogP contribution >= 0.6 is 0 Å². The van der Waals surface area contributed by atoms with Gasteiger partial charge in [-0.05, 0) is 30.9 Å². The molecule has 0 aliphatic carbocycles. The number of carbonyl (C=O) groups is 1. The summed E-state index contributed by atoms with van der Waals surface area (Å²) in [6.07, 6.45) is 1.01. The fourth-order valence-corrected chi connectivity index (χ4v) is 2.52. The average molecular weight is 249 g/mol. The number of likely N-dealkylation sites (tertiary alicyclic amines) is 1. The van der Waals surface area contributed by atoms with E-state index in [-0.39, 0.29) is 6.10 Å². The van der Waals surface area contributed by atoms with E-state index in [0.717, 1.165) is 11.1 Å². The lowest BCUT2D eigenvalue weighted by Crippen LogP contribution is -2.41. The van der Waals surface area contributed by atoms with Crippen molar-refractivity contribution >= 4 is 5.97 Å². The van der Waals surface area contributed by atoms with Crippen LogP contribution in [0.3, 0.4) is 0 Å². The van der Waals surface area contributed by atoms with E-state index in [2.05, 4.69) is 0 Å². The van der Waals surface area contributed by atoms with Gasteiger partial charge in [-0.15, -0.1) is 0 Å². The highest BCUT2D eigenvalue weighted by Crippen LogP contribution is 2.27. The highest BCUT2D eigenvalue weighted by molar-refractivity contribution is 5.76. The minimum atomic E-state index is -0.819. The molecule has 2 N–H and O–H groups in total. The quantitative estimate of drug-likeness (QED) is 0.853. The van der Waals surface area contributed by atoms with Gasteiger partial charge in [-0.25, -0.2) is 0 Å².